The Hall–Kier alpha value is -3.27. The highest BCUT2D eigenvalue weighted by molar-refractivity contribution is 5.86. The molecular weight excluding hydrogens is 374 g/mol. The Kier molecular flexibility index (Phi) is 5.92. The number of fused-ring (bicyclic) bond motifs is 1. The van der Waals surface area contributed by atoms with Gasteiger partial charge in [0.05, 0.1) is 23.9 Å². The van der Waals surface area contributed by atoms with Crippen LogP contribution in [0.25, 0.3) is 11.2 Å². The quantitative estimate of drug-likeness (QED) is 0.387. The molecule has 154 valence electrons. The number of anilines is 3. The van der Waals surface area contributed by atoms with Crippen molar-refractivity contribution in [2.45, 2.75) is 39.8 Å². The van der Waals surface area contributed by atoms with Crippen molar-refractivity contribution in [1.29, 1.82) is 0 Å². The number of aliphatic hydroxyl groups is 1. The molecule has 0 saturated heterocycles. The van der Waals surface area contributed by atoms with E-state index in [9.17, 15) is 15.2 Å². The minimum absolute atomic E-state index is 0.0217. The van der Waals surface area contributed by atoms with E-state index in [4.69, 9.17) is 0 Å². The summed E-state index contributed by atoms with van der Waals surface area (Å²) in [4.78, 5) is 24.2. The molecule has 0 bridgehead atoms. The van der Waals surface area contributed by atoms with E-state index in [1.807, 2.05) is 32.3 Å². The van der Waals surface area contributed by atoms with E-state index in [1.165, 1.54) is 12.1 Å². The van der Waals surface area contributed by atoms with Crippen LogP contribution in [-0.4, -0.2) is 42.2 Å². The zero-order chi connectivity index (χ0) is 21.1. The van der Waals surface area contributed by atoms with Crippen LogP contribution in [0.5, 0.6) is 0 Å². The monoisotopic (exact) mass is 399 g/mol. The van der Waals surface area contributed by atoms with Crippen molar-refractivity contribution in [3.05, 3.63) is 40.7 Å². The van der Waals surface area contributed by atoms with Gasteiger partial charge < -0.3 is 20.3 Å². The first-order valence-electron chi connectivity index (χ1n) is 9.43. The average molecular weight is 399 g/mol. The van der Waals surface area contributed by atoms with Gasteiger partial charge >= 0.3 is 0 Å². The molecule has 10 nitrogen and oxygen atoms in total. The van der Waals surface area contributed by atoms with Crippen LogP contribution in [0.2, 0.25) is 0 Å². The molecule has 1 atom stereocenters. The molecule has 3 aromatic rings. The molecule has 0 amide bonds. The van der Waals surface area contributed by atoms with Crippen LogP contribution < -0.4 is 10.6 Å². The molecular formula is C19H25N7O3. The summed E-state index contributed by atoms with van der Waals surface area (Å²) in [5.74, 6) is 0.945. The second-order valence-electron chi connectivity index (χ2n) is 7.42. The first kappa shape index (κ1) is 20.5. The molecule has 0 aliphatic carbocycles. The zero-order valence-corrected chi connectivity index (χ0v) is 16.8. The standard InChI is InChI=1S/C19H25N7O3/c1-11(2)15(9-27)22-19-23-17(16-18(24-19)25(10-20-16)12(3)4)21-13-6-5-7-14(8-13)26(28)29/h5-8,10-12,15,27H,9H2,1-4H3,(H2,21,22,23,24). The molecule has 2 aromatic heterocycles. The molecule has 1 unspecified atom stereocenters. The fourth-order valence-electron chi connectivity index (χ4n) is 2.87. The van der Waals surface area contributed by atoms with Gasteiger partial charge in [-0.3, -0.25) is 10.1 Å². The van der Waals surface area contributed by atoms with Gasteiger partial charge in [-0.25, -0.2) is 4.98 Å². The number of nitrogens with one attached hydrogen (secondary N) is 2. The van der Waals surface area contributed by atoms with E-state index >= 15 is 0 Å². The molecule has 1 aromatic carbocycles. The Balaban J connectivity index is 2.07. The molecule has 0 radical (unpaired) electrons. The number of benzene rings is 1. The summed E-state index contributed by atoms with van der Waals surface area (Å²) in [6.07, 6.45) is 1.69. The third-order valence-electron chi connectivity index (χ3n) is 4.61. The third kappa shape index (κ3) is 4.43. The number of nitrogens with zero attached hydrogens (tertiary/aromatic N) is 5. The van der Waals surface area contributed by atoms with E-state index in [0.29, 0.717) is 28.6 Å². The first-order valence-corrected chi connectivity index (χ1v) is 9.43. The predicted molar refractivity (Wildman–Crippen MR) is 111 cm³/mol. The number of non-ortho nitro benzene ring substituents is 1. The fourth-order valence-corrected chi connectivity index (χ4v) is 2.87. The number of hydrogen-bond acceptors (Lipinski definition) is 8. The summed E-state index contributed by atoms with van der Waals surface area (Å²) < 4.78 is 1.92. The largest absolute Gasteiger partial charge is 0.394 e. The van der Waals surface area contributed by atoms with Crippen molar-refractivity contribution >= 4 is 34.3 Å². The lowest BCUT2D eigenvalue weighted by Crippen LogP contribution is -2.30. The van der Waals surface area contributed by atoms with Crippen molar-refractivity contribution < 1.29 is 10.0 Å². The van der Waals surface area contributed by atoms with Gasteiger partial charge in [-0.2, -0.15) is 9.97 Å². The Morgan fingerprint density at radius 1 is 1.24 bits per heavy atom. The lowest BCUT2D eigenvalue weighted by molar-refractivity contribution is -0.384. The Labute approximate surface area is 168 Å². The van der Waals surface area contributed by atoms with Crippen molar-refractivity contribution in [2.75, 3.05) is 17.2 Å². The number of aromatic nitrogens is 4. The molecule has 0 aliphatic heterocycles. The predicted octanol–water partition coefficient (Wildman–Crippen LogP) is 3.49. The lowest BCUT2D eigenvalue weighted by Gasteiger charge is -2.20. The number of aliphatic hydroxyl groups excluding tert-OH is 1. The molecule has 29 heavy (non-hydrogen) atoms. The SMILES string of the molecule is CC(C)C(CO)Nc1nc(Nc2cccc([N+](=O)[O-])c2)c2ncn(C(C)C)c2n1. The van der Waals surface area contributed by atoms with Gasteiger partial charge in [0.2, 0.25) is 5.95 Å². The van der Waals surface area contributed by atoms with Crippen LogP contribution in [0, 0.1) is 16.0 Å². The van der Waals surface area contributed by atoms with E-state index in [0.717, 1.165) is 0 Å². The van der Waals surface area contributed by atoms with Gasteiger partial charge in [0.15, 0.2) is 17.0 Å². The van der Waals surface area contributed by atoms with Crippen LogP contribution in [0.1, 0.15) is 33.7 Å². The Morgan fingerprint density at radius 3 is 2.62 bits per heavy atom. The number of nitro groups is 1. The van der Waals surface area contributed by atoms with Crippen molar-refractivity contribution in [3.8, 4) is 0 Å². The zero-order valence-electron chi connectivity index (χ0n) is 16.8. The molecule has 0 aliphatic rings. The molecule has 10 heteroatoms. The Bertz CT molecular complexity index is 1020. The lowest BCUT2D eigenvalue weighted by atomic mass is 10.1. The average Bonchev–Trinajstić information content (AvgIpc) is 3.10. The highest BCUT2D eigenvalue weighted by Crippen LogP contribution is 2.28. The highest BCUT2D eigenvalue weighted by atomic mass is 16.6. The maximum Gasteiger partial charge on any atom is 0.271 e. The minimum Gasteiger partial charge on any atom is -0.394 e. The van der Waals surface area contributed by atoms with Crippen LogP contribution >= 0.6 is 0 Å². The number of imidazole rings is 1. The molecule has 3 rings (SSSR count). The molecule has 0 saturated carbocycles. The van der Waals surface area contributed by atoms with Crippen molar-refractivity contribution in [3.63, 3.8) is 0 Å². The van der Waals surface area contributed by atoms with E-state index in [1.54, 1.807) is 18.5 Å². The summed E-state index contributed by atoms with van der Waals surface area (Å²) in [5, 5.41) is 27.0. The summed E-state index contributed by atoms with van der Waals surface area (Å²) in [6.45, 7) is 7.97. The smallest absolute Gasteiger partial charge is 0.271 e. The van der Waals surface area contributed by atoms with Gasteiger partial charge in [-0.1, -0.05) is 19.9 Å². The van der Waals surface area contributed by atoms with E-state index in [-0.39, 0.29) is 30.3 Å². The van der Waals surface area contributed by atoms with E-state index in [2.05, 4.69) is 25.6 Å². The van der Waals surface area contributed by atoms with Crippen molar-refractivity contribution in [1.82, 2.24) is 19.5 Å². The maximum absolute atomic E-state index is 11.1. The van der Waals surface area contributed by atoms with Crippen LogP contribution in [0.15, 0.2) is 30.6 Å². The summed E-state index contributed by atoms with van der Waals surface area (Å²) in [6, 6.07) is 6.10. The van der Waals surface area contributed by atoms with Gasteiger partial charge in [0, 0.05) is 23.9 Å². The van der Waals surface area contributed by atoms with Crippen LogP contribution in [-0.2, 0) is 0 Å². The van der Waals surface area contributed by atoms with E-state index < -0.39 is 4.92 Å². The molecule has 0 fully saturated rings. The van der Waals surface area contributed by atoms with Crippen LogP contribution in [0.3, 0.4) is 0 Å². The summed E-state index contributed by atoms with van der Waals surface area (Å²) in [5.41, 5.74) is 1.69. The maximum atomic E-state index is 11.1. The fraction of sp³-hybridized carbons (Fsp3) is 0.421. The first-order chi connectivity index (χ1) is 13.8. The van der Waals surface area contributed by atoms with Crippen molar-refractivity contribution in [2.24, 2.45) is 5.92 Å². The topological polar surface area (TPSA) is 131 Å². The van der Waals surface area contributed by atoms with Gasteiger partial charge in [0.25, 0.3) is 5.69 Å². The van der Waals surface area contributed by atoms with Gasteiger partial charge in [-0.15, -0.1) is 0 Å². The van der Waals surface area contributed by atoms with Gasteiger partial charge in [0.1, 0.15) is 0 Å². The second-order valence-corrected chi connectivity index (χ2v) is 7.42. The highest BCUT2D eigenvalue weighted by Gasteiger charge is 2.19. The molecule has 2 heterocycles. The summed E-state index contributed by atoms with van der Waals surface area (Å²) in [7, 11) is 0. The third-order valence-corrected chi connectivity index (χ3v) is 4.61. The number of rotatable bonds is 8. The van der Waals surface area contributed by atoms with Crippen LogP contribution in [0.4, 0.5) is 23.1 Å². The number of hydrogen-bond donors (Lipinski definition) is 3. The Morgan fingerprint density at radius 2 is 2.00 bits per heavy atom. The second kappa shape index (κ2) is 8.39. The molecule has 3 N–H and O–H groups in total. The summed E-state index contributed by atoms with van der Waals surface area (Å²) >= 11 is 0. The number of nitro benzene ring substituents is 1. The normalized spacial score (nSPS) is 12.5. The van der Waals surface area contributed by atoms with Gasteiger partial charge in [-0.05, 0) is 25.8 Å². The minimum atomic E-state index is -0.449. The molecule has 0 spiro atoms.